The van der Waals surface area contributed by atoms with Crippen molar-refractivity contribution in [1.82, 2.24) is 9.97 Å². The van der Waals surface area contributed by atoms with Crippen LogP contribution in [0.1, 0.15) is 25.3 Å². The van der Waals surface area contributed by atoms with E-state index >= 15 is 0 Å². The number of hydrogen-bond acceptors (Lipinski definition) is 3. The Morgan fingerprint density at radius 3 is 2.63 bits per heavy atom. The number of halogens is 1. The van der Waals surface area contributed by atoms with Crippen molar-refractivity contribution in [3.05, 3.63) is 48.4 Å². The topological polar surface area (TPSA) is 29.0 Å². The largest absolute Gasteiger partial charge is 0.322 e. The molecule has 0 atom stereocenters. The molecule has 0 fully saturated rings. The molecule has 0 saturated carbocycles. The SMILES string of the molecule is CC(C)c1cccnc1N(CCF)c1cccnc1. The highest BCUT2D eigenvalue weighted by molar-refractivity contribution is 5.62. The van der Waals surface area contributed by atoms with Gasteiger partial charge in [0.15, 0.2) is 0 Å². The maximum Gasteiger partial charge on any atom is 0.136 e. The fraction of sp³-hybridized carbons (Fsp3) is 0.333. The molecule has 0 aliphatic heterocycles. The Morgan fingerprint density at radius 2 is 2.00 bits per heavy atom. The smallest absolute Gasteiger partial charge is 0.136 e. The molecule has 2 heterocycles. The number of hydrogen-bond donors (Lipinski definition) is 0. The second kappa shape index (κ2) is 6.27. The van der Waals surface area contributed by atoms with E-state index < -0.39 is 6.67 Å². The minimum atomic E-state index is -0.428. The van der Waals surface area contributed by atoms with Gasteiger partial charge in [0.25, 0.3) is 0 Å². The molecule has 2 rings (SSSR count). The Hall–Kier alpha value is -1.97. The molecule has 2 aromatic rings. The second-order valence-electron chi connectivity index (χ2n) is 4.62. The third-order valence-corrected chi connectivity index (χ3v) is 2.96. The van der Waals surface area contributed by atoms with Gasteiger partial charge in [-0.25, -0.2) is 9.37 Å². The number of alkyl halides is 1. The van der Waals surface area contributed by atoms with Gasteiger partial charge in [-0.2, -0.15) is 0 Å². The summed E-state index contributed by atoms with van der Waals surface area (Å²) >= 11 is 0. The molecule has 0 aliphatic rings. The van der Waals surface area contributed by atoms with Crippen LogP contribution in [0.3, 0.4) is 0 Å². The van der Waals surface area contributed by atoms with Crippen LogP contribution in [0.4, 0.5) is 15.9 Å². The van der Waals surface area contributed by atoms with Gasteiger partial charge in [0, 0.05) is 12.4 Å². The van der Waals surface area contributed by atoms with Crippen LogP contribution < -0.4 is 4.90 Å². The molecule has 0 N–H and O–H groups in total. The van der Waals surface area contributed by atoms with Crippen LogP contribution in [0.2, 0.25) is 0 Å². The molecule has 19 heavy (non-hydrogen) atoms. The van der Waals surface area contributed by atoms with E-state index in [0.717, 1.165) is 17.1 Å². The first-order valence-corrected chi connectivity index (χ1v) is 6.42. The van der Waals surface area contributed by atoms with Gasteiger partial charge in [-0.05, 0) is 29.7 Å². The van der Waals surface area contributed by atoms with E-state index in [1.54, 1.807) is 18.6 Å². The van der Waals surface area contributed by atoms with Crippen LogP contribution in [0.5, 0.6) is 0 Å². The normalized spacial score (nSPS) is 10.7. The van der Waals surface area contributed by atoms with E-state index in [1.807, 2.05) is 29.2 Å². The summed E-state index contributed by atoms with van der Waals surface area (Å²) in [6.07, 6.45) is 5.18. The Morgan fingerprint density at radius 1 is 1.21 bits per heavy atom. The van der Waals surface area contributed by atoms with E-state index in [1.165, 1.54) is 0 Å². The van der Waals surface area contributed by atoms with E-state index in [-0.39, 0.29) is 6.54 Å². The monoisotopic (exact) mass is 259 g/mol. The highest BCUT2D eigenvalue weighted by Gasteiger charge is 2.16. The third-order valence-electron chi connectivity index (χ3n) is 2.96. The Balaban J connectivity index is 2.45. The van der Waals surface area contributed by atoms with Crippen molar-refractivity contribution in [3.8, 4) is 0 Å². The van der Waals surface area contributed by atoms with Gasteiger partial charge in [0.2, 0.25) is 0 Å². The van der Waals surface area contributed by atoms with Gasteiger partial charge >= 0.3 is 0 Å². The lowest BCUT2D eigenvalue weighted by molar-refractivity contribution is 0.500. The molecule has 0 bridgehead atoms. The van der Waals surface area contributed by atoms with E-state index in [2.05, 4.69) is 23.8 Å². The molecule has 100 valence electrons. The third kappa shape index (κ3) is 3.08. The van der Waals surface area contributed by atoms with Crippen LogP contribution in [-0.4, -0.2) is 23.2 Å². The molecule has 0 saturated heterocycles. The lowest BCUT2D eigenvalue weighted by Gasteiger charge is -2.25. The Labute approximate surface area is 113 Å². The van der Waals surface area contributed by atoms with Gasteiger partial charge in [0.05, 0.1) is 18.4 Å². The summed E-state index contributed by atoms with van der Waals surface area (Å²) in [5, 5.41) is 0. The van der Waals surface area contributed by atoms with Gasteiger partial charge in [-0.3, -0.25) is 4.98 Å². The molecule has 0 unspecified atom stereocenters. The first-order valence-electron chi connectivity index (χ1n) is 6.42. The van der Waals surface area contributed by atoms with Gasteiger partial charge in [-0.15, -0.1) is 0 Å². The average Bonchev–Trinajstić information content (AvgIpc) is 2.45. The summed E-state index contributed by atoms with van der Waals surface area (Å²) in [4.78, 5) is 10.4. The zero-order valence-corrected chi connectivity index (χ0v) is 11.3. The quantitative estimate of drug-likeness (QED) is 0.819. The Bertz CT molecular complexity index is 514. The van der Waals surface area contributed by atoms with E-state index in [4.69, 9.17) is 0 Å². The van der Waals surface area contributed by atoms with Crippen molar-refractivity contribution in [3.63, 3.8) is 0 Å². The minimum absolute atomic E-state index is 0.280. The maximum absolute atomic E-state index is 12.9. The number of anilines is 2. The van der Waals surface area contributed by atoms with Crippen LogP contribution in [0, 0.1) is 0 Å². The highest BCUT2D eigenvalue weighted by atomic mass is 19.1. The minimum Gasteiger partial charge on any atom is -0.322 e. The molecule has 0 spiro atoms. The first-order chi connectivity index (χ1) is 9.24. The summed E-state index contributed by atoms with van der Waals surface area (Å²) in [6, 6.07) is 7.71. The standard InChI is InChI=1S/C15H18FN3/c1-12(2)14-6-4-9-18-15(14)19(10-7-16)13-5-3-8-17-11-13/h3-6,8-9,11-12H,7,10H2,1-2H3. The average molecular weight is 259 g/mol. The molecular formula is C15H18FN3. The van der Waals surface area contributed by atoms with Crippen molar-refractivity contribution in [1.29, 1.82) is 0 Å². The van der Waals surface area contributed by atoms with Crippen molar-refractivity contribution >= 4 is 11.5 Å². The zero-order valence-electron chi connectivity index (χ0n) is 11.3. The van der Waals surface area contributed by atoms with Gasteiger partial charge in [-0.1, -0.05) is 19.9 Å². The number of aromatic nitrogens is 2. The number of nitrogens with zero attached hydrogens (tertiary/aromatic N) is 3. The predicted octanol–water partition coefficient (Wildman–Crippen LogP) is 3.71. The second-order valence-corrected chi connectivity index (χ2v) is 4.62. The van der Waals surface area contributed by atoms with Crippen LogP contribution >= 0.6 is 0 Å². The molecule has 4 heteroatoms. The van der Waals surface area contributed by atoms with Gasteiger partial charge in [0.1, 0.15) is 12.5 Å². The molecule has 0 aromatic carbocycles. The van der Waals surface area contributed by atoms with Crippen LogP contribution in [-0.2, 0) is 0 Å². The number of rotatable bonds is 5. The van der Waals surface area contributed by atoms with Crippen molar-refractivity contribution in [2.75, 3.05) is 18.1 Å². The summed E-state index contributed by atoms with van der Waals surface area (Å²) < 4.78 is 12.9. The fourth-order valence-corrected chi connectivity index (χ4v) is 2.04. The van der Waals surface area contributed by atoms with Crippen molar-refractivity contribution in [2.45, 2.75) is 19.8 Å². The summed E-state index contributed by atoms with van der Waals surface area (Å²) in [5.41, 5.74) is 1.97. The summed E-state index contributed by atoms with van der Waals surface area (Å²) in [6.45, 7) is 4.07. The molecule has 0 radical (unpaired) electrons. The number of pyridine rings is 2. The van der Waals surface area contributed by atoms with Crippen molar-refractivity contribution in [2.24, 2.45) is 0 Å². The maximum atomic E-state index is 12.9. The molecular weight excluding hydrogens is 241 g/mol. The fourth-order valence-electron chi connectivity index (χ4n) is 2.04. The van der Waals surface area contributed by atoms with Crippen molar-refractivity contribution < 1.29 is 4.39 Å². The lowest BCUT2D eigenvalue weighted by atomic mass is 10.0. The summed E-state index contributed by atoms with van der Waals surface area (Å²) in [5.74, 6) is 1.14. The predicted molar refractivity (Wildman–Crippen MR) is 75.5 cm³/mol. The lowest BCUT2D eigenvalue weighted by Crippen LogP contribution is -2.22. The summed E-state index contributed by atoms with van der Waals surface area (Å²) in [7, 11) is 0. The highest BCUT2D eigenvalue weighted by Crippen LogP contribution is 2.29. The molecule has 2 aromatic heterocycles. The van der Waals surface area contributed by atoms with Gasteiger partial charge < -0.3 is 4.90 Å². The van der Waals surface area contributed by atoms with E-state index in [0.29, 0.717) is 5.92 Å². The first kappa shape index (κ1) is 13.5. The molecule has 0 aliphatic carbocycles. The zero-order chi connectivity index (χ0) is 13.7. The van der Waals surface area contributed by atoms with Crippen LogP contribution in [0.15, 0.2) is 42.9 Å². The molecule has 0 amide bonds. The Kier molecular flexibility index (Phi) is 4.44. The van der Waals surface area contributed by atoms with Crippen LogP contribution in [0.25, 0.3) is 0 Å². The van der Waals surface area contributed by atoms with E-state index in [9.17, 15) is 4.39 Å². The molecule has 3 nitrogen and oxygen atoms in total.